The number of halogens is 1. The van der Waals surface area contributed by atoms with Crippen LogP contribution in [0.5, 0.6) is 0 Å². The number of rotatable bonds is 21. The lowest BCUT2D eigenvalue weighted by atomic mass is 10.0. The van der Waals surface area contributed by atoms with Crippen molar-refractivity contribution >= 4 is 24.3 Å². The number of aliphatic carboxylic acids is 1. The molecule has 186 valence electrons. The topological polar surface area (TPSA) is 66.4 Å². The summed E-state index contributed by atoms with van der Waals surface area (Å²) in [6.45, 7) is 2.73. The number of unbranched alkanes of at least 4 members (excludes halogenated alkanes) is 14. The minimum absolute atomic E-state index is 0. The van der Waals surface area contributed by atoms with Crippen molar-refractivity contribution in [2.24, 2.45) is 0 Å². The first-order valence-corrected chi connectivity index (χ1v) is 12.4. The number of esters is 1. The van der Waals surface area contributed by atoms with Gasteiger partial charge in [0.15, 0.2) is 6.10 Å². The molecule has 0 bridgehead atoms. The van der Waals surface area contributed by atoms with Gasteiger partial charge < -0.3 is 19.1 Å². The molecule has 0 radical (unpaired) electrons. The highest BCUT2D eigenvalue weighted by atomic mass is 35.5. The Hall–Kier alpha value is -0.810. The molecule has 0 aromatic carbocycles. The van der Waals surface area contributed by atoms with Crippen LogP contribution in [-0.2, 0) is 14.3 Å². The predicted molar refractivity (Wildman–Crippen MR) is 129 cm³/mol. The standard InChI is InChI=1S/C25H49NO4.ClH/c1-5-6-7-8-9-10-11-12-13-14-15-16-17-18-19-20-25(29)30-23(21-24(27)28)22-26(2,3)4;/h23H,5-22H2,1-4H3;1H. The van der Waals surface area contributed by atoms with Crippen molar-refractivity contribution in [3.8, 4) is 0 Å². The number of carbonyl (C=O) groups excluding carboxylic acids is 2. The molecule has 31 heavy (non-hydrogen) atoms. The number of likely N-dealkylation sites (N-methyl/N-ethyl adjacent to an activating group) is 1. The van der Waals surface area contributed by atoms with Crippen LogP contribution < -0.4 is 5.11 Å². The van der Waals surface area contributed by atoms with Crippen LogP contribution in [0.1, 0.15) is 116 Å². The summed E-state index contributed by atoms with van der Waals surface area (Å²) in [7, 11) is 5.85. The van der Waals surface area contributed by atoms with Crippen LogP contribution in [0.25, 0.3) is 0 Å². The fourth-order valence-corrected chi connectivity index (χ4v) is 3.83. The normalized spacial score (nSPS) is 12.3. The summed E-state index contributed by atoms with van der Waals surface area (Å²) >= 11 is 0. The summed E-state index contributed by atoms with van der Waals surface area (Å²) in [5, 5.41) is 10.9. The molecule has 0 heterocycles. The zero-order valence-electron chi connectivity index (χ0n) is 20.8. The first-order chi connectivity index (χ1) is 14.2. The number of carboxylic acid groups (broad SMARTS) is 1. The van der Waals surface area contributed by atoms with Crippen molar-refractivity contribution in [3.05, 3.63) is 0 Å². The van der Waals surface area contributed by atoms with Crippen molar-refractivity contribution in [2.45, 2.75) is 122 Å². The molecule has 5 nitrogen and oxygen atoms in total. The Morgan fingerprint density at radius 1 is 0.742 bits per heavy atom. The Bertz CT molecular complexity index is 438. The third kappa shape index (κ3) is 25.3. The smallest absolute Gasteiger partial charge is 0.306 e. The van der Waals surface area contributed by atoms with E-state index in [1.165, 1.54) is 77.0 Å². The zero-order valence-corrected chi connectivity index (χ0v) is 21.6. The molecule has 0 aromatic heterocycles. The van der Waals surface area contributed by atoms with E-state index in [1.807, 2.05) is 21.1 Å². The summed E-state index contributed by atoms with van der Waals surface area (Å²) in [5.74, 6) is -1.46. The third-order valence-electron chi connectivity index (χ3n) is 5.43. The lowest BCUT2D eigenvalue weighted by Crippen LogP contribution is -2.45. The molecule has 0 saturated carbocycles. The maximum atomic E-state index is 12.0. The molecule has 0 aliphatic heterocycles. The molecule has 0 spiro atoms. The van der Waals surface area contributed by atoms with E-state index < -0.39 is 12.1 Å². The van der Waals surface area contributed by atoms with Crippen molar-refractivity contribution in [1.82, 2.24) is 0 Å². The summed E-state index contributed by atoms with van der Waals surface area (Å²) in [4.78, 5) is 22.9. The van der Waals surface area contributed by atoms with Crippen molar-refractivity contribution in [2.75, 3.05) is 27.7 Å². The Morgan fingerprint density at radius 3 is 1.48 bits per heavy atom. The molecule has 6 heteroatoms. The van der Waals surface area contributed by atoms with E-state index >= 15 is 0 Å². The summed E-state index contributed by atoms with van der Waals surface area (Å²) in [6.07, 6.45) is 18.9. The monoisotopic (exact) mass is 463 g/mol. The Kier molecular flexibility index (Phi) is 22.0. The minimum atomic E-state index is -1.17. The van der Waals surface area contributed by atoms with Gasteiger partial charge >= 0.3 is 5.97 Å². The van der Waals surface area contributed by atoms with Crippen molar-refractivity contribution in [3.63, 3.8) is 0 Å². The van der Waals surface area contributed by atoms with E-state index in [2.05, 4.69) is 6.92 Å². The Balaban J connectivity index is 0. The van der Waals surface area contributed by atoms with Crippen LogP contribution in [0.3, 0.4) is 0 Å². The molecule has 1 unspecified atom stereocenters. The minimum Gasteiger partial charge on any atom is -0.550 e. The maximum absolute atomic E-state index is 12.0. The van der Waals surface area contributed by atoms with E-state index in [9.17, 15) is 14.7 Å². The number of carbonyl (C=O) groups is 2. The van der Waals surface area contributed by atoms with Gasteiger partial charge in [-0.05, 0) is 6.42 Å². The van der Waals surface area contributed by atoms with Crippen LogP contribution in [0.15, 0.2) is 0 Å². The largest absolute Gasteiger partial charge is 0.550 e. The molecule has 0 rings (SSSR count). The highest BCUT2D eigenvalue weighted by Crippen LogP contribution is 2.14. The molecule has 1 atom stereocenters. The number of ether oxygens (including phenoxy) is 1. The summed E-state index contributed by atoms with van der Waals surface area (Å²) < 4.78 is 5.93. The van der Waals surface area contributed by atoms with Gasteiger partial charge in [-0.3, -0.25) is 4.79 Å². The molecular formula is C25H50ClNO4. The van der Waals surface area contributed by atoms with E-state index in [0.717, 1.165) is 19.3 Å². The lowest BCUT2D eigenvalue weighted by Gasteiger charge is -2.29. The number of quaternary nitrogens is 1. The third-order valence-corrected chi connectivity index (χ3v) is 5.43. The van der Waals surface area contributed by atoms with Crippen LogP contribution in [0.2, 0.25) is 0 Å². The SMILES string of the molecule is CCCCCCCCCCCCCCCCCC(=O)OC(CC(=O)[O-])C[N+](C)(C)C.Cl. The first kappa shape index (κ1) is 32.4. The number of hydrogen-bond donors (Lipinski definition) is 0. The van der Waals surface area contributed by atoms with Crippen molar-refractivity contribution < 1.29 is 23.9 Å². The van der Waals surface area contributed by atoms with Gasteiger partial charge in [0.1, 0.15) is 6.54 Å². The van der Waals surface area contributed by atoms with Gasteiger partial charge in [-0.2, -0.15) is 0 Å². The molecular weight excluding hydrogens is 414 g/mol. The number of nitrogens with zero attached hydrogens (tertiary/aromatic N) is 1. The van der Waals surface area contributed by atoms with Gasteiger partial charge in [0, 0.05) is 18.8 Å². The van der Waals surface area contributed by atoms with Crippen molar-refractivity contribution in [1.29, 1.82) is 0 Å². The fourth-order valence-electron chi connectivity index (χ4n) is 3.83. The molecule has 0 N–H and O–H groups in total. The first-order valence-electron chi connectivity index (χ1n) is 12.4. The molecule has 0 aromatic rings. The second-order valence-corrected chi connectivity index (χ2v) is 9.86. The molecule has 0 amide bonds. The van der Waals surface area contributed by atoms with Gasteiger partial charge in [0.05, 0.1) is 21.1 Å². The highest BCUT2D eigenvalue weighted by Gasteiger charge is 2.22. The second-order valence-electron chi connectivity index (χ2n) is 9.86. The van der Waals surface area contributed by atoms with E-state index in [0.29, 0.717) is 17.4 Å². The van der Waals surface area contributed by atoms with E-state index in [1.54, 1.807) is 0 Å². The Morgan fingerprint density at radius 2 is 1.13 bits per heavy atom. The average Bonchev–Trinajstić information content (AvgIpc) is 2.63. The van der Waals surface area contributed by atoms with Gasteiger partial charge in [-0.1, -0.05) is 96.8 Å². The summed E-state index contributed by atoms with van der Waals surface area (Å²) in [5.41, 5.74) is 0. The quantitative estimate of drug-likeness (QED) is 0.129. The number of hydrogen-bond acceptors (Lipinski definition) is 4. The average molecular weight is 464 g/mol. The summed E-state index contributed by atoms with van der Waals surface area (Å²) in [6, 6.07) is 0. The number of carboxylic acids is 1. The van der Waals surface area contributed by atoms with Crippen LogP contribution in [-0.4, -0.2) is 50.2 Å². The van der Waals surface area contributed by atoms with Crippen LogP contribution in [0.4, 0.5) is 0 Å². The Labute approximate surface area is 198 Å². The van der Waals surface area contributed by atoms with E-state index in [-0.39, 0.29) is 24.8 Å². The van der Waals surface area contributed by atoms with Gasteiger partial charge in [-0.15, -0.1) is 12.4 Å². The van der Waals surface area contributed by atoms with Gasteiger partial charge in [0.2, 0.25) is 0 Å². The molecule has 0 saturated heterocycles. The predicted octanol–water partition coefficient (Wildman–Crippen LogP) is 5.43. The van der Waals surface area contributed by atoms with Gasteiger partial charge in [-0.25, -0.2) is 0 Å². The van der Waals surface area contributed by atoms with E-state index in [4.69, 9.17) is 4.74 Å². The zero-order chi connectivity index (χ0) is 22.7. The molecule has 0 aliphatic rings. The molecule has 0 aliphatic carbocycles. The van der Waals surface area contributed by atoms with Gasteiger partial charge in [0.25, 0.3) is 0 Å². The second kappa shape index (κ2) is 21.1. The fraction of sp³-hybridized carbons (Fsp3) is 0.920. The maximum Gasteiger partial charge on any atom is 0.306 e. The van der Waals surface area contributed by atoms with Crippen LogP contribution in [0, 0.1) is 0 Å². The lowest BCUT2D eigenvalue weighted by molar-refractivity contribution is -0.873. The molecule has 0 fully saturated rings. The van der Waals surface area contributed by atoms with Crippen LogP contribution >= 0.6 is 12.4 Å². The highest BCUT2D eigenvalue weighted by molar-refractivity contribution is 5.85.